The molecule has 1 aromatic carbocycles. The molecule has 0 heterocycles. The van der Waals surface area contributed by atoms with E-state index in [-0.39, 0.29) is 0 Å². The summed E-state index contributed by atoms with van der Waals surface area (Å²) in [6, 6.07) is 5.79. The molecule has 0 saturated heterocycles. The molecule has 1 rings (SSSR count). The highest BCUT2D eigenvalue weighted by Crippen LogP contribution is 2.22. The van der Waals surface area contributed by atoms with E-state index in [1.807, 2.05) is 32.0 Å². The van der Waals surface area contributed by atoms with Crippen LogP contribution >= 0.6 is 0 Å². The number of benzene rings is 1. The number of hydrogen-bond acceptors (Lipinski definition) is 3. The lowest BCUT2D eigenvalue weighted by atomic mass is 10.1. The minimum Gasteiger partial charge on any atom is -0.431 e. The zero-order valence-corrected chi connectivity index (χ0v) is 10.2. The van der Waals surface area contributed by atoms with Gasteiger partial charge in [-0.1, -0.05) is 12.1 Å². The first-order valence-corrected chi connectivity index (χ1v) is 5.19. The van der Waals surface area contributed by atoms with E-state index in [0.717, 1.165) is 16.8 Å². The third-order valence-corrected chi connectivity index (χ3v) is 2.50. The van der Waals surface area contributed by atoms with Gasteiger partial charge in [-0.15, -0.1) is 0 Å². The van der Waals surface area contributed by atoms with Gasteiger partial charge in [0, 0.05) is 12.7 Å². The van der Waals surface area contributed by atoms with Crippen LogP contribution in [0.4, 0.5) is 10.5 Å². The third-order valence-electron chi connectivity index (χ3n) is 2.50. The molecule has 4 heteroatoms. The van der Waals surface area contributed by atoms with Crippen molar-refractivity contribution < 1.29 is 9.53 Å². The van der Waals surface area contributed by atoms with Crippen LogP contribution < -0.4 is 10.6 Å². The Morgan fingerprint density at radius 3 is 2.62 bits per heavy atom. The molecule has 0 radical (unpaired) electrons. The molecule has 1 aromatic rings. The fourth-order valence-corrected chi connectivity index (χ4v) is 1.44. The Balaban J connectivity index is 2.92. The van der Waals surface area contributed by atoms with Gasteiger partial charge in [-0.3, -0.25) is 10.6 Å². The summed E-state index contributed by atoms with van der Waals surface area (Å²) in [6.07, 6.45) is -1.04. The molecule has 0 aliphatic heterocycles. The van der Waals surface area contributed by atoms with E-state index in [0.29, 0.717) is 0 Å². The summed E-state index contributed by atoms with van der Waals surface area (Å²) in [5, 5.41) is 0. The molecule has 2 N–H and O–H groups in total. The topological polar surface area (TPSA) is 55.6 Å². The first-order valence-electron chi connectivity index (χ1n) is 5.19. The summed E-state index contributed by atoms with van der Waals surface area (Å²) < 4.78 is 4.93. The Bertz CT molecular complexity index is 389. The summed E-state index contributed by atoms with van der Waals surface area (Å²) in [7, 11) is 1.67. The van der Waals surface area contributed by atoms with E-state index in [1.165, 1.54) is 4.90 Å². The van der Waals surface area contributed by atoms with Crippen LogP contribution in [0.5, 0.6) is 0 Å². The van der Waals surface area contributed by atoms with Gasteiger partial charge in [0.1, 0.15) is 6.23 Å². The van der Waals surface area contributed by atoms with E-state index in [1.54, 1.807) is 14.0 Å². The highest BCUT2D eigenvalue weighted by molar-refractivity contribution is 5.88. The second kappa shape index (κ2) is 4.99. The quantitative estimate of drug-likeness (QED) is 0.780. The lowest BCUT2D eigenvalue weighted by Crippen LogP contribution is -2.33. The molecular formula is C12H18N2O2. The van der Waals surface area contributed by atoms with E-state index in [9.17, 15) is 4.79 Å². The lowest BCUT2D eigenvalue weighted by molar-refractivity contribution is 0.118. The predicted octanol–water partition coefficient (Wildman–Crippen LogP) is 2.18. The van der Waals surface area contributed by atoms with Crippen molar-refractivity contribution >= 4 is 11.8 Å². The van der Waals surface area contributed by atoms with Crippen LogP contribution in [0, 0.1) is 13.8 Å². The van der Waals surface area contributed by atoms with Crippen molar-refractivity contribution in [2.75, 3.05) is 11.9 Å². The van der Waals surface area contributed by atoms with Crippen LogP contribution in [-0.2, 0) is 4.74 Å². The second-order valence-electron chi connectivity index (χ2n) is 3.87. The summed E-state index contributed by atoms with van der Waals surface area (Å²) >= 11 is 0. The van der Waals surface area contributed by atoms with Gasteiger partial charge >= 0.3 is 6.09 Å². The molecule has 88 valence electrons. The van der Waals surface area contributed by atoms with Crippen LogP contribution in [0.15, 0.2) is 18.2 Å². The monoisotopic (exact) mass is 222 g/mol. The molecule has 1 unspecified atom stereocenters. The standard InChI is InChI=1S/C12H18N2O2/c1-8-6-5-7-11(9(8)2)14(4)12(15)16-10(3)13/h5-7,10H,13H2,1-4H3. The van der Waals surface area contributed by atoms with Crippen molar-refractivity contribution in [1.29, 1.82) is 0 Å². The number of aryl methyl sites for hydroxylation is 1. The van der Waals surface area contributed by atoms with Crippen molar-refractivity contribution in [3.8, 4) is 0 Å². The zero-order chi connectivity index (χ0) is 12.3. The number of ether oxygens (including phenoxy) is 1. The van der Waals surface area contributed by atoms with Gasteiger partial charge in [-0.25, -0.2) is 4.79 Å². The molecule has 0 aliphatic rings. The maximum atomic E-state index is 11.6. The van der Waals surface area contributed by atoms with E-state index in [2.05, 4.69) is 0 Å². The van der Waals surface area contributed by atoms with Gasteiger partial charge in [0.2, 0.25) is 0 Å². The average molecular weight is 222 g/mol. The Kier molecular flexibility index (Phi) is 3.90. The molecule has 0 aliphatic carbocycles. The van der Waals surface area contributed by atoms with Crippen LogP contribution in [0.1, 0.15) is 18.1 Å². The first kappa shape index (κ1) is 12.5. The van der Waals surface area contributed by atoms with Crippen LogP contribution in [0.2, 0.25) is 0 Å². The molecule has 1 amide bonds. The molecule has 4 nitrogen and oxygen atoms in total. The highest BCUT2D eigenvalue weighted by Gasteiger charge is 2.15. The van der Waals surface area contributed by atoms with Gasteiger partial charge in [0.15, 0.2) is 0 Å². The zero-order valence-electron chi connectivity index (χ0n) is 10.2. The van der Waals surface area contributed by atoms with Crippen molar-refractivity contribution in [3.63, 3.8) is 0 Å². The number of nitrogens with two attached hydrogens (primary N) is 1. The smallest absolute Gasteiger partial charge is 0.415 e. The van der Waals surface area contributed by atoms with Crippen LogP contribution in [-0.4, -0.2) is 19.4 Å². The summed E-state index contributed by atoms with van der Waals surface area (Å²) in [4.78, 5) is 13.1. The van der Waals surface area contributed by atoms with Crippen molar-refractivity contribution in [1.82, 2.24) is 0 Å². The molecule has 0 saturated carbocycles. The van der Waals surface area contributed by atoms with Crippen molar-refractivity contribution in [2.45, 2.75) is 27.0 Å². The van der Waals surface area contributed by atoms with Gasteiger partial charge in [-0.2, -0.15) is 0 Å². The van der Waals surface area contributed by atoms with Crippen molar-refractivity contribution in [3.05, 3.63) is 29.3 Å². The number of carbonyl (C=O) groups is 1. The van der Waals surface area contributed by atoms with E-state index in [4.69, 9.17) is 10.5 Å². The minimum atomic E-state index is -0.597. The number of nitrogens with zero attached hydrogens (tertiary/aromatic N) is 1. The number of hydrogen-bond donors (Lipinski definition) is 1. The predicted molar refractivity (Wildman–Crippen MR) is 64.4 cm³/mol. The van der Waals surface area contributed by atoms with Crippen LogP contribution in [0.25, 0.3) is 0 Å². The maximum Gasteiger partial charge on any atom is 0.415 e. The largest absolute Gasteiger partial charge is 0.431 e. The maximum absolute atomic E-state index is 11.6. The SMILES string of the molecule is Cc1cccc(N(C)C(=O)OC(C)N)c1C. The summed E-state index contributed by atoms with van der Waals surface area (Å²) in [6.45, 7) is 5.60. The molecule has 1 atom stereocenters. The fourth-order valence-electron chi connectivity index (χ4n) is 1.44. The molecule has 0 fully saturated rings. The Morgan fingerprint density at radius 2 is 2.06 bits per heavy atom. The fraction of sp³-hybridized carbons (Fsp3) is 0.417. The normalized spacial score (nSPS) is 12.1. The first-order chi connectivity index (χ1) is 7.43. The Morgan fingerprint density at radius 1 is 1.44 bits per heavy atom. The highest BCUT2D eigenvalue weighted by atomic mass is 16.6. The summed E-state index contributed by atoms with van der Waals surface area (Å²) in [5.41, 5.74) is 8.44. The van der Waals surface area contributed by atoms with Crippen LogP contribution in [0.3, 0.4) is 0 Å². The van der Waals surface area contributed by atoms with E-state index >= 15 is 0 Å². The number of rotatable bonds is 2. The van der Waals surface area contributed by atoms with E-state index < -0.39 is 12.3 Å². The van der Waals surface area contributed by atoms with Gasteiger partial charge in [-0.05, 0) is 38.0 Å². The van der Waals surface area contributed by atoms with Gasteiger partial charge in [0.05, 0.1) is 0 Å². The molecule has 0 bridgehead atoms. The van der Waals surface area contributed by atoms with Gasteiger partial charge < -0.3 is 4.74 Å². The number of carbonyl (C=O) groups excluding carboxylic acids is 1. The molecular weight excluding hydrogens is 204 g/mol. The van der Waals surface area contributed by atoms with Gasteiger partial charge in [0.25, 0.3) is 0 Å². The van der Waals surface area contributed by atoms with Crippen molar-refractivity contribution in [2.24, 2.45) is 5.73 Å². The lowest BCUT2D eigenvalue weighted by Gasteiger charge is -2.21. The Hall–Kier alpha value is -1.55. The minimum absolute atomic E-state index is 0.441. The number of amides is 1. The number of anilines is 1. The summed E-state index contributed by atoms with van der Waals surface area (Å²) in [5.74, 6) is 0. The molecule has 0 spiro atoms. The molecule has 16 heavy (non-hydrogen) atoms. The Labute approximate surface area is 96.0 Å². The molecule has 0 aromatic heterocycles. The average Bonchev–Trinajstić information content (AvgIpc) is 2.20. The third kappa shape index (κ3) is 2.73. The second-order valence-corrected chi connectivity index (χ2v) is 3.87.